The van der Waals surface area contributed by atoms with Gasteiger partial charge in [0.15, 0.2) is 0 Å². The first-order valence-electron chi connectivity index (χ1n) is 1.74. The van der Waals surface area contributed by atoms with E-state index in [2.05, 4.69) is 36.2 Å². The average Bonchev–Trinajstić information content (AvgIpc) is 1.61. The molecule has 0 heterocycles. The summed E-state index contributed by atoms with van der Waals surface area (Å²) in [6, 6.07) is 0. The maximum Gasteiger partial charge on any atom is 1.00 e. The molecule has 0 rings (SSSR count). The molecule has 0 aliphatic rings. The maximum absolute atomic E-state index is 4.67. The zero-order valence-corrected chi connectivity index (χ0v) is 8.47. The van der Waals surface area contributed by atoms with Crippen LogP contribution in [0.2, 0.25) is 0 Å². The van der Waals surface area contributed by atoms with Gasteiger partial charge in [0.1, 0.15) is 6.61 Å². The molecule has 0 aliphatic heterocycles. The molecule has 1 nitrogen and oxygen atoms in total. The summed E-state index contributed by atoms with van der Waals surface area (Å²) < 4.78 is 4.93. The quantitative estimate of drug-likeness (QED) is 0.227. The van der Waals surface area contributed by atoms with E-state index in [4.69, 9.17) is 0 Å². The van der Waals surface area contributed by atoms with Crippen LogP contribution in [0.4, 0.5) is 0 Å². The Labute approximate surface area is 83.7 Å². The first kappa shape index (κ1) is 11.7. The van der Waals surface area contributed by atoms with Crippen molar-refractivity contribution in [3.63, 3.8) is 0 Å². The summed E-state index contributed by atoms with van der Waals surface area (Å²) in [6.07, 6.45) is 1.61. The summed E-state index contributed by atoms with van der Waals surface area (Å²) in [5, 5.41) is 0. The summed E-state index contributed by atoms with van der Waals surface area (Å²) in [4.78, 5) is 0. The number of thiocarbonyl (C=S) groups is 1. The van der Waals surface area contributed by atoms with Gasteiger partial charge in [0.05, 0.1) is 0 Å². The zero-order chi connectivity index (χ0) is 5.70. The fourth-order valence-electron chi connectivity index (χ4n) is 0.130. The van der Waals surface area contributed by atoms with Crippen molar-refractivity contribution in [2.75, 3.05) is 6.61 Å². The SMILES string of the molecule is C=CCOC(=S)S.[H-].[Na+]. The van der Waals surface area contributed by atoms with E-state index in [9.17, 15) is 0 Å². The van der Waals surface area contributed by atoms with Crippen LogP contribution in [0.3, 0.4) is 0 Å². The van der Waals surface area contributed by atoms with E-state index in [0.717, 1.165) is 0 Å². The molecule has 0 fully saturated rings. The third kappa shape index (κ3) is 10.1. The van der Waals surface area contributed by atoms with Crippen molar-refractivity contribution in [3.05, 3.63) is 12.7 Å². The van der Waals surface area contributed by atoms with Gasteiger partial charge in [-0.1, -0.05) is 25.3 Å². The molecule has 0 saturated heterocycles. The average molecular weight is 158 g/mol. The molecule has 0 N–H and O–H groups in total. The van der Waals surface area contributed by atoms with Crippen LogP contribution in [0.15, 0.2) is 12.7 Å². The summed E-state index contributed by atoms with van der Waals surface area (Å²) in [6.45, 7) is 3.86. The van der Waals surface area contributed by atoms with Crippen LogP contribution in [-0.2, 0) is 4.74 Å². The normalized spacial score (nSPS) is 6.62. The second-order valence-electron chi connectivity index (χ2n) is 0.866. The molecule has 0 aliphatic carbocycles. The van der Waals surface area contributed by atoms with Gasteiger partial charge in [-0.3, -0.25) is 0 Å². The standard InChI is InChI=1S/C4H6OS2.Na.H/c1-2-3-5-4(6)7;;/h2H,1,3H2,(H,6,7);;/q;+1;-1. The molecule has 0 aromatic rings. The first-order valence-corrected chi connectivity index (χ1v) is 2.59. The van der Waals surface area contributed by atoms with E-state index in [1.165, 1.54) is 0 Å². The summed E-state index contributed by atoms with van der Waals surface area (Å²) in [5.41, 5.74) is 0. The van der Waals surface area contributed by atoms with Crippen LogP contribution in [0.5, 0.6) is 0 Å². The molecule has 0 aromatic heterocycles. The Hall–Kier alpha value is 0.980. The smallest absolute Gasteiger partial charge is 1.00 e. The molecule has 0 amide bonds. The van der Waals surface area contributed by atoms with Crippen LogP contribution in [0.25, 0.3) is 0 Å². The second-order valence-corrected chi connectivity index (χ2v) is 1.95. The largest absolute Gasteiger partial charge is 1.00 e. The van der Waals surface area contributed by atoms with Crippen molar-refractivity contribution < 1.29 is 35.7 Å². The van der Waals surface area contributed by atoms with Gasteiger partial charge in [0.25, 0.3) is 0 Å². The topological polar surface area (TPSA) is 9.23 Å². The minimum atomic E-state index is 0. The third-order valence-corrected chi connectivity index (χ3v) is 0.572. The molecule has 0 unspecified atom stereocenters. The van der Waals surface area contributed by atoms with Crippen LogP contribution < -0.4 is 29.6 Å². The Morgan fingerprint density at radius 3 is 2.62 bits per heavy atom. The van der Waals surface area contributed by atoms with Gasteiger partial charge in [-0.05, 0) is 12.2 Å². The monoisotopic (exact) mass is 158 g/mol. The van der Waals surface area contributed by atoms with E-state index in [1.807, 2.05) is 0 Å². The number of hydrogen-bond acceptors (Lipinski definition) is 2. The van der Waals surface area contributed by atoms with Gasteiger partial charge in [-0.2, -0.15) is 0 Å². The number of thiol groups is 1. The molecule has 0 bridgehead atoms. The number of ether oxygens (including phenoxy) is 1. The fourth-order valence-corrected chi connectivity index (χ4v) is 0.273. The van der Waals surface area contributed by atoms with Crippen LogP contribution >= 0.6 is 24.8 Å². The molecule has 42 valence electrons. The molecule has 8 heavy (non-hydrogen) atoms. The van der Waals surface area contributed by atoms with Crippen molar-refractivity contribution in [2.45, 2.75) is 0 Å². The number of rotatable bonds is 2. The molecule has 4 heteroatoms. The van der Waals surface area contributed by atoms with E-state index >= 15 is 0 Å². The van der Waals surface area contributed by atoms with E-state index < -0.39 is 0 Å². The molecule has 0 saturated carbocycles. The molecule has 0 spiro atoms. The van der Waals surface area contributed by atoms with Crippen molar-refractivity contribution in [3.8, 4) is 0 Å². The zero-order valence-electron chi connectivity index (χ0n) is 5.76. The molecule has 0 radical (unpaired) electrons. The van der Waals surface area contributed by atoms with Gasteiger partial charge in [0, 0.05) is 0 Å². The molecular formula is C4H7NaOS2. The van der Waals surface area contributed by atoms with Crippen LogP contribution in [-0.4, -0.2) is 11.0 Å². The summed E-state index contributed by atoms with van der Waals surface area (Å²) >= 11 is 8.15. The Morgan fingerprint density at radius 2 is 2.50 bits per heavy atom. The maximum atomic E-state index is 4.67. The van der Waals surface area contributed by atoms with Crippen LogP contribution in [0, 0.1) is 0 Å². The summed E-state index contributed by atoms with van der Waals surface area (Å²) in [5.74, 6) is 0. The van der Waals surface area contributed by atoms with Gasteiger partial charge in [-0.15, -0.1) is 0 Å². The Morgan fingerprint density at radius 1 is 2.00 bits per heavy atom. The Balaban J connectivity index is -0.000000180. The molecule has 0 atom stereocenters. The minimum Gasteiger partial charge on any atom is -1.00 e. The Bertz CT molecular complexity index is 88.6. The van der Waals surface area contributed by atoms with Gasteiger partial charge in [0.2, 0.25) is 4.38 Å². The number of hydrogen-bond donors (Lipinski definition) is 1. The Kier molecular flexibility index (Phi) is 11.7. The van der Waals surface area contributed by atoms with Crippen molar-refractivity contribution >= 4 is 29.2 Å². The predicted octanol–water partition coefficient (Wildman–Crippen LogP) is -1.48. The summed E-state index contributed by atoms with van der Waals surface area (Å²) in [7, 11) is 0. The van der Waals surface area contributed by atoms with Gasteiger partial charge >= 0.3 is 29.6 Å². The van der Waals surface area contributed by atoms with Gasteiger partial charge in [-0.25, -0.2) is 0 Å². The van der Waals surface area contributed by atoms with Crippen molar-refractivity contribution in [2.24, 2.45) is 0 Å². The van der Waals surface area contributed by atoms with E-state index in [-0.39, 0.29) is 35.4 Å². The van der Waals surface area contributed by atoms with Crippen LogP contribution in [0.1, 0.15) is 1.43 Å². The van der Waals surface area contributed by atoms with Crippen molar-refractivity contribution in [1.82, 2.24) is 0 Å². The third-order valence-electron chi connectivity index (χ3n) is 0.325. The predicted molar refractivity (Wildman–Crippen MR) is 38.8 cm³/mol. The van der Waals surface area contributed by atoms with E-state index in [1.54, 1.807) is 6.08 Å². The minimum absolute atomic E-state index is 0. The molecular weight excluding hydrogens is 151 g/mol. The fraction of sp³-hybridized carbons (Fsp3) is 0.250. The first-order chi connectivity index (χ1) is 3.27. The van der Waals surface area contributed by atoms with Crippen molar-refractivity contribution in [1.29, 1.82) is 0 Å². The van der Waals surface area contributed by atoms with Gasteiger partial charge < -0.3 is 6.16 Å². The second kappa shape index (κ2) is 7.98. The van der Waals surface area contributed by atoms with E-state index in [0.29, 0.717) is 6.61 Å². The molecule has 0 aromatic carbocycles.